The molecule has 1 atom stereocenters. The van der Waals surface area contributed by atoms with E-state index in [-0.39, 0.29) is 0 Å². The Balaban J connectivity index is 2.83. The second kappa shape index (κ2) is 2.81. The van der Waals surface area contributed by atoms with Crippen LogP contribution in [0.25, 0.3) is 0 Å². The van der Waals surface area contributed by atoms with Crippen molar-refractivity contribution in [2.45, 2.75) is 4.08 Å². The number of hydrogen-bond acceptors (Lipinski definition) is 0. The third-order valence-electron chi connectivity index (χ3n) is 0.178. The molecule has 0 bridgehead atoms. The summed E-state index contributed by atoms with van der Waals surface area (Å²) in [6, 6.07) is 0. The Morgan fingerprint density at radius 1 is 2.00 bits per heavy atom. The minimum absolute atomic E-state index is 0.882. The minimum atomic E-state index is -0.882. The first-order chi connectivity index (χ1) is 2.27. The topological polar surface area (TPSA) is 0 Å². The average Bonchev–Trinajstić information content (AvgIpc) is 1.38. The Bertz CT molecular complexity index is 36.6. The molecular weight excluding hydrogens is 181 g/mol. The zero-order chi connectivity index (χ0) is 4.28. The van der Waals surface area contributed by atoms with Crippen LogP contribution in [0.5, 0.6) is 0 Å². The summed E-state index contributed by atoms with van der Waals surface area (Å²) in [4.78, 5) is 0. The monoisotopic (exact) mass is 184 g/mol. The molecule has 0 saturated heterocycles. The Kier molecular flexibility index (Phi) is 3.15. The van der Waals surface area contributed by atoms with E-state index in [0.29, 0.717) is 0 Å². The van der Waals surface area contributed by atoms with Crippen molar-refractivity contribution in [1.82, 2.24) is 0 Å². The predicted octanol–water partition coefficient (Wildman–Crippen LogP) is 0.811. The molecule has 0 aliphatic carbocycles. The molecule has 0 radical (unpaired) electrons. The predicted molar refractivity (Wildman–Crippen MR) is 31.8 cm³/mol. The second-order valence-electron chi connectivity index (χ2n) is 0.570. The van der Waals surface area contributed by atoms with E-state index < -0.39 is 4.08 Å². The second-order valence-corrected chi connectivity index (χ2v) is 1.76. The molecule has 28 valence electrons. The zero-order valence-electron chi connectivity index (χ0n) is 2.62. The van der Waals surface area contributed by atoms with Crippen molar-refractivity contribution in [3.63, 3.8) is 0 Å². The number of rotatable bonds is 1. The van der Waals surface area contributed by atoms with Crippen LogP contribution >= 0.6 is 22.6 Å². The van der Waals surface area contributed by atoms with E-state index in [1.807, 2.05) is 0 Å². The molecule has 0 spiro atoms. The molecule has 0 aliphatic heterocycles. The van der Waals surface area contributed by atoms with Gasteiger partial charge < -0.3 is 0 Å². The van der Waals surface area contributed by atoms with Crippen molar-refractivity contribution in [3.8, 4) is 0 Å². The van der Waals surface area contributed by atoms with Gasteiger partial charge in [0.05, 0.1) is 0 Å². The van der Waals surface area contributed by atoms with Crippen LogP contribution in [0.2, 0.25) is 0 Å². The molecule has 0 aromatic rings. The fourth-order valence-corrected chi connectivity index (χ4v) is 0. The van der Waals surface area contributed by atoms with Crippen LogP contribution in [0.15, 0.2) is 0 Å². The molecule has 1 unspecified atom stereocenters. The Hall–Kier alpha value is 0.595. The molecule has 0 aromatic heterocycles. The fraction of sp³-hybridized carbons (Fsp3) is 0.500. The third kappa shape index (κ3) is 4.59. The number of alkyl halides is 2. The summed E-state index contributed by atoms with van der Waals surface area (Å²) in [5, 5.41) is 0. The standard InChI is InChI=1S/C2H3BFI/c1-3-2(4)5/h2H,1H2. The molecule has 0 fully saturated rings. The molecule has 0 amide bonds. The van der Waals surface area contributed by atoms with Gasteiger partial charge in [-0.25, -0.2) is 0 Å². The van der Waals surface area contributed by atoms with E-state index in [2.05, 4.69) is 6.47 Å². The quantitative estimate of drug-likeness (QED) is 0.321. The maximum absolute atomic E-state index is 11.3. The van der Waals surface area contributed by atoms with Gasteiger partial charge in [0.1, 0.15) is 0 Å². The Labute approximate surface area is 44.8 Å². The normalized spacial score (nSPS) is 13.2. The van der Waals surface area contributed by atoms with Crippen molar-refractivity contribution < 1.29 is 4.39 Å². The van der Waals surface area contributed by atoms with Crippen LogP contribution in [-0.2, 0) is 0 Å². The van der Waals surface area contributed by atoms with Crippen molar-refractivity contribution in [1.29, 1.82) is 0 Å². The molecular formula is C2H3BFI. The first kappa shape index (κ1) is 5.59. The van der Waals surface area contributed by atoms with Crippen LogP contribution in [0.3, 0.4) is 0 Å². The summed E-state index contributed by atoms with van der Waals surface area (Å²) >= 11 is 1.62. The van der Waals surface area contributed by atoms with Gasteiger partial charge in [-0.15, -0.1) is 0 Å². The number of halogens is 2. The van der Waals surface area contributed by atoms with Gasteiger partial charge in [0.15, 0.2) is 0 Å². The molecule has 0 rings (SSSR count). The van der Waals surface area contributed by atoms with Crippen LogP contribution in [-0.4, -0.2) is 17.5 Å². The Morgan fingerprint density at radius 3 is 2.20 bits per heavy atom. The molecule has 0 aromatic carbocycles. The zero-order valence-corrected chi connectivity index (χ0v) is 4.78. The van der Waals surface area contributed by atoms with Gasteiger partial charge in [-0.2, -0.15) is 0 Å². The molecule has 0 saturated carbocycles. The summed E-state index contributed by atoms with van der Waals surface area (Å²) < 4.78 is 10.4. The maximum atomic E-state index is 11.3. The van der Waals surface area contributed by atoms with Crippen molar-refractivity contribution >= 4 is 36.0 Å². The van der Waals surface area contributed by atoms with Crippen molar-refractivity contribution in [2.24, 2.45) is 0 Å². The van der Waals surface area contributed by atoms with Gasteiger partial charge in [-0.3, -0.25) is 0 Å². The SMILES string of the molecule is C=BC(F)I. The van der Waals surface area contributed by atoms with Crippen LogP contribution in [0, 0.1) is 0 Å². The van der Waals surface area contributed by atoms with Crippen LogP contribution < -0.4 is 0 Å². The molecule has 0 nitrogen and oxygen atoms in total. The van der Waals surface area contributed by atoms with E-state index in [0.717, 1.165) is 0 Å². The third-order valence-corrected chi connectivity index (χ3v) is 0.687. The van der Waals surface area contributed by atoms with Crippen molar-refractivity contribution in [2.75, 3.05) is 0 Å². The van der Waals surface area contributed by atoms with E-state index in [4.69, 9.17) is 0 Å². The van der Waals surface area contributed by atoms with Gasteiger partial charge in [-0.05, 0) is 0 Å². The first-order valence-electron chi connectivity index (χ1n) is 1.18. The van der Waals surface area contributed by atoms with E-state index in [9.17, 15) is 4.39 Å². The summed E-state index contributed by atoms with van der Waals surface area (Å²) in [6.45, 7) is 4.41. The van der Waals surface area contributed by atoms with E-state index in [1.54, 1.807) is 22.6 Å². The summed E-state index contributed by atoms with van der Waals surface area (Å²) in [5.41, 5.74) is 0. The van der Waals surface area contributed by atoms with Gasteiger partial charge in [0.2, 0.25) is 0 Å². The van der Waals surface area contributed by atoms with Gasteiger partial charge >= 0.3 is 44.4 Å². The fourth-order valence-electron chi connectivity index (χ4n) is 0. The summed E-state index contributed by atoms with van der Waals surface area (Å²) in [6.07, 6.45) is 0. The Morgan fingerprint density at radius 2 is 2.20 bits per heavy atom. The summed E-state index contributed by atoms with van der Waals surface area (Å²) in [7, 11) is 0. The van der Waals surface area contributed by atoms with Gasteiger partial charge in [0, 0.05) is 0 Å². The first-order valence-corrected chi connectivity index (χ1v) is 2.42. The molecule has 0 N–H and O–H groups in total. The molecule has 5 heavy (non-hydrogen) atoms. The van der Waals surface area contributed by atoms with Crippen molar-refractivity contribution in [3.05, 3.63) is 0 Å². The van der Waals surface area contributed by atoms with Crippen LogP contribution in [0.1, 0.15) is 0 Å². The van der Waals surface area contributed by atoms with Crippen LogP contribution in [0.4, 0.5) is 4.39 Å². The van der Waals surface area contributed by atoms with Gasteiger partial charge in [-0.1, -0.05) is 0 Å². The van der Waals surface area contributed by atoms with E-state index >= 15 is 0 Å². The molecule has 3 heteroatoms. The summed E-state index contributed by atoms with van der Waals surface area (Å²) in [5.74, 6) is 0. The molecule has 0 heterocycles. The average molecular weight is 184 g/mol. The molecule has 0 aliphatic rings. The van der Waals surface area contributed by atoms with Gasteiger partial charge in [0.25, 0.3) is 0 Å². The number of hydrogen-bond donors (Lipinski definition) is 0. The van der Waals surface area contributed by atoms with E-state index in [1.165, 1.54) is 6.92 Å².